The number of carboxylic acid groups (broad SMARTS) is 2. The van der Waals surface area contributed by atoms with Crippen LogP contribution in [0.2, 0.25) is 0 Å². The van der Waals surface area contributed by atoms with Crippen LogP contribution in [0.25, 0.3) is 0 Å². The molecule has 0 bridgehead atoms. The third-order valence-corrected chi connectivity index (χ3v) is 4.60. The van der Waals surface area contributed by atoms with Gasteiger partial charge in [-0.1, -0.05) is 54.6 Å². The summed E-state index contributed by atoms with van der Waals surface area (Å²) in [7, 11) is 0. The number of hydrogen-bond acceptors (Lipinski definition) is 4. The second-order valence-electron chi connectivity index (χ2n) is 6.85. The molecule has 0 amide bonds. The van der Waals surface area contributed by atoms with E-state index >= 15 is 0 Å². The highest BCUT2D eigenvalue weighted by atomic mass is 16.5. The Hall–Kier alpha value is -2.70. The summed E-state index contributed by atoms with van der Waals surface area (Å²) < 4.78 is 6.64. The van der Waals surface area contributed by atoms with Crippen LogP contribution in [-0.2, 0) is 25.5 Å². The van der Waals surface area contributed by atoms with Gasteiger partial charge in [-0.15, -0.1) is 0 Å². The Bertz CT molecular complexity index is 791. The molecule has 0 aromatic heterocycles. The topological polar surface area (TPSA) is 110 Å². The maximum atomic E-state index is 9.10. The summed E-state index contributed by atoms with van der Waals surface area (Å²) in [6.45, 7) is 4.98. The highest BCUT2D eigenvalue weighted by molar-refractivity contribution is 6.27. The molecule has 4 N–H and O–H groups in total. The van der Waals surface area contributed by atoms with Gasteiger partial charge in [0.2, 0.25) is 0 Å². The van der Waals surface area contributed by atoms with E-state index in [0.29, 0.717) is 6.54 Å². The lowest BCUT2D eigenvalue weighted by Crippen LogP contribution is -2.31. The van der Waals surface area contributed by atoms with Crippen LogP contribution in [0.3, 0.4) is 0 Å². The lowest BCUT2D eigenvalue weighted by molar-refractivity contribution is -0.159. The van der Waals surface area contributed by atoms with Crippen LogP contribution >= 0.6 is 0 Å². The van der Waals surface area contributed by atoms with Crippen molar-refractivity contribution in [2.24, 2.45) is 5.73 Å². The van der Waals surface area contributed by atoms with Gasteiger partial charge in [-0.2, -0.15) is 0 Å². The number of fused-ring (bicyclic) bond motifs is 1. The summed E-state index contributed by atoms with van der Waals surface area (Å²) in [6, 6.07) is 19.1. The van der Waals surface area contributed by atoms with Crippen LogP contribution in [0.1, 0.15) is 43.4 Å². The number of hydrogen-bond donors (Lipinski definition) is 3. The molecule has 1 aliphatic rings. The Labute approximate surface area is 158 Å². The molecular weight excluding hydrogens is 346 g/mol. The Morgan fingerprint density at radius 2 is 1.44 bits per heavy atom. The first-order valence-electron chi connectivity index (χ1n) is 8.76. The second kappa shape index (κ2) is 8.33. The molecule has 27 heavy (non-hydrogen) atoms. The summed E-state index contributed by atoms with van der Waals surface area (Å²) in [4.78, 5) is 18.2. The van der Waals surface area contributed by atoms with Gasteiger partial charge in [0, 0.05) is 0 Å². The molecule has 6 nitrogen and oxygen atoms in total. The van der Waals surface area contributed by atoms with Crippen molar-refractivity contribution < 1.29 is 24.5 Å². The smallest absolute Gasteiger partial charge is 0.414 e. The molecule has 1 atom stereocenters. The highest BCUT2D eigenvalue weighted by Gasteiger charge is 2.49. The van der Waals surface area contributed by atoms with Crippen molar-refractivity contribution in [2.45, 2.75) is 37.9 Å². The maximum absolute atomic E-state index is 9.10. The molecule has 0 spiro atoms. The normalized spacial score (nSPS) is 19.5. The zero-order chi connectivity index (χ0) is 20.1. The van der Waals surface area contributed by atoms with Crippen LogP contribution in [-0.4, -0.2) is 28.7 Å². The van der Waals surface area contributed by atoms with Crippen molar-refractivity contribution in [2.75, 3.05) is 6.54 Å². The summed E-state index contributed by atoms with van der Waals surface area (Å²) in [5.41, 5.74) is 8.91. The number of aliphatic carboxylic acids is 2. The predicted octanol–water partition coefficient (Wildman–Crippen LogP) is 3.09. The first kappa shape index (κ1) is 20.6. The number of carbonyl (C=O) groups is 2. The zero-order valence-corrected chi connectivity index (χ0v) is 15.5. The Morgan fingerprint density at radius 3 is 1.96 bits per heavy atom. The number of ether oxygens (including phenoxy) is 1. The van der Waals surface area contributed by atoms with Gasteiger partial charge < -0.3 is 20.7 Å². The van der Waals surface area contributed by atoms with Gasteiger partial charge in [0.15, 0.2) is 0 Å². The summed E-state index contributed by atoms with van der Waals surface area (Å²) in [5, 5.41) is 14.8. The highest BCUT2D eigenvalue weighted by Crippen LogP contribution is 2.52. The maximum Gasteiger partial charge on any atom is 0.414 e. The molecule has 144 valence electrons. The Morgan fingerprint density at radius 1 is 0.926 bits per heavy atom. The average Bonchev–Trinajstić information content (AvgIpc) is 2.90. The molecule has 0 aliphatic carbocycles. The quantitative estimate of drug-likeness (QED) is 0.713. The number of benzene rings is 2. The number of nitrogens with two attached hydrogens (primary N) is 1. The SMILES string of the molecule is CC1(C)OC(CCCN)(c2ccccc2)c2ccccc21.O=C(O)C(=O)O. The van der Waals surface area contributed by atoms with Crippen molar-refractivity contribution in [3.63, 3.8) is 0 Å². The van der Waals surface area contributed by atoms with Gasteiger partial charge in [0.05, 0.1) is 5.60 Å². The Kier molecular flexibility index (Phi) is 6.36. The fourth-order valence-corrected chi connectivity index (χ4v) is 3.51. The van der Waals surface area contributed by atoms with Crippen LogP contribution in [0.15, 0.2) is 54.6 Å². The minimum absolute atomic E-state index is 0.277. The van der Waals surface area contributed by atoms with E-state index in [1.165, 1.54) is 16.7 Å². The van der Waals surface area contributed by atoms with E-state index in [-0.39, 0.29) is 11.2 Å². The van der Waals surface area contributed by atoms with E-state index in [1.54, 1.807) is 0 Å². The van der Waals surface area contributed by atoms with Gasteiger partial charge in [-0.3, -0.25) is 0 Å². The van der Waals surface area contributed by atoms with E-state index in [0.717, 1.165) is 12.8 Å². The third kappa shape index (κ3) is 4.35. The molecule has 0 saturated carbocycles. The van der Waals surface area contributed by atoms with Gasteiger partial charge in [0.1, 0.15) is 5.60 Å². The molecule has 1 unspecified atom stereocenters. The predicted molar refractivity (Wildman–Crippen MR) is 101 cm³/mol. The molecule has 1 heterocycles. The van der Waals surface area contributed by atoms with E-state index in [4.69, 9.17) is 30.3 Å². The molecule has 0 saturated heterocycles. The van der Waals surface area contributed by atoms with Gasteiger partial charge in [0.25, 0.3) is 0 Å². The first-order valence-corrected chi connectivity index (χ1v) is 8.76. The largest absolute Gasteiger partial charge is 0.473 e. The molecule has 2 aromatic carbocycles. The molecule has 0 radical (unpaired) electrons. The van der Waals surface area contributed by atoms with Crippen molar-refractivity contribution in [3.05, 3.63) is 71.3 Å². The number of rotatable bonds is 4. The second-order valence-corrected chi connectivity index (χ2v) is 6.85. The molecule has 3 rings (SSSR count). The molecule has 0 fully saturated rings. The van der Waals surface area contributed by atoms with Crippen molar-refractivity contribution in [1.29, 1.82) is 0 Å². The van der Waals surface area contributed by atoms with Crippen LogP contribution in [0.5, 0.6) is 0 Å². The molecule has 6 heteroatoms. The summed E-state index contributed by atoms with van der Waals surface area (Å²) >= 11 is 0. The summed E-state index contributed by atoms with van der Waals surface area (Å²) in [6.07, 6.45) is 1.85. The minimum atomic E-state index is -1.82. The van der Waals surface area contributed by atoms with E-state index in [1.807, 2.05) is 6.07 Å². The fourth-order valence-electron chi connectivity index (χ4n) is 3.51. The average molecular weight is 371 g/mol. The lowest BCUT2D eigenvalue weighted by Gasteiger charge is -2.33. The zero-order valence-electron chi connectivity index (χ0n) is 15.5. The fraction of sp³-hybridized carbons (Fsp3) is 0.333. The molecule has 1 aliphatic heterocycles. The van der Waals surface area contributed by atoms with Crippen LogP contribution < -0.4 is 5.73 Å². The van der Waals surface area contributed by atoms with Crippen molar-refractivity contribution in [1.82, 2.24) is 0 Å². The molecular formula is C21H25NO5. The van der Waals surface area contributed by atoms with Crippen molar-refractivity contribution >= 4 is 11.9 Å². The van der Waals surface area contributed by atoms with E-state index in [2.05, 4.69) is 62.4 Å². The van der Waals surface area contributed by atoms with E-state index < -0.39 is 11.9 Å². The lowest BCUT2D eigenvalue weighted by atomic mass is 9.81. The van der Waals surface area contributed by atoms with Crippen molar-refractivity contribution in [3.8, 4) is 0 Å². The minimum Gasteiger partial charge on any atom is -0.473 e. The van der Waals surface area contributed by atoms with Crippen LogP contribution in [0.4, 0.5) is 0 Å². The first-order chi connectivity index (χ1) is 12.7. The van der Waals surface area contributed by atoms with E-state index in [9.17, 15) is 0 Å². The monoisotopic (exact) mass is 371 g/mol. The van der Waals surface area contributed by atoms with Crippen LogP contribution in [0, 0.1) is 0 Å². The Balaban J connectivity index is 0.000000380. The van der Waals surface area contributed by atoms with Gasteiger partial charge in [-0.25, -0.2) is 9.59 Å². The molecule has 2 aromatic rings. The standard InChI is InChI=1S/C19H23NO.C2H2O4/c1-18(2)16-11-6-7-12-17(16)19(21-18,13-8-14-20)15-9-4-3-5-10-15;3-1(4)2(5)6/h3-7,9-12H,8,13-14,20H2,1-2H3;(H,3,4)(H,5,6). The number of carboxylic acids is 2. The summed E-state index contributed by atoms with van der Waals surface area (Å²) in [5.74, 6) is -3.65. The van der Waals surface area contributed by atoms with Gasteiger partial charge in [-0.05, 0) is 49.9 Å². The van der Waals surface area contributed by atoms with Gasteiger partial charge >= 0.3 is 11.9 Å². The third-order valence-electron chi connectivity index (χ3n) is 4.60.